The molecule has 4 rings (SSSR count). The fourth-order valence-electron chi connectivity index (χ4n) is 3.39. The van der Waals surface area contributed by atoms with Gasteiger partial charge in [-0.15, -0.1) is 11.3 Å². The normalized spacial score (nSPS) is 24.9. The summed E-state index contributed by atoms with van der Waals surface area (Å²) < 4.78 is 6.89. The molecular formula is C17H23N3OS. The van der Waals surface area contributed by atoms with Crippen molar-refractivity contribution in [2.24, 2.45) is 0 Å². The average Bonchev–Trinajstić information content (AvgIpc) is 2.99. The predicted molar refractivity (Wildman–Crippen MR) is 90.7 cm³/mol. The predicted octanol–water partition coefficient (Wildman–Crippen LogP) is 2.77. The Balaban J connectivity index is 1.58. The molecule has 1 aromatic heterocycles. The van der Waals surface area contributed by atoms with Crippen molar-refractivity contribution in [1.29, 1.82) is 0 Å². The van der Waals surface area contributed by atoms with Gasteiger partial charge in [0.2, 0.25) is 0 Å². The number of morpholine rings is 1. The first kappa shape index (κ1) is 14.6. The Hall–Kier alpha value is -1.01. The van der Waals surface area contributed by atoms with Crippen LogP contribution in [0.3, 0.4) is 0 Å². The highest BCUT2D eigenvalue weighted by Gasteiger charge is 2.22. The molecule has 1 aromatic carbocycles. The van der Waals surface area contributed by atoms with Gasteiger partial charge in [0.25, 0.3) is 0 Å². The first-order valence-corrected chi connectivity index (χ1v) is 9.01. The van der Waals surface area contributed by atoms with Crippen LogP contribution < -0.4 is 5.32 Å². The van der Waals surface area contributed by atoms with Crippen molar-refractivity contribution in [3.8, 4) is 0 Å². The number of benzene rings is 1. The van der Waals surface area contributed by atoms with E-state index in [0.717, 1.165) is 25.3 Å². The van der Waals surface area contributed by atoms with Crippen LogP contribution in [0, 0.1) is 0 Å². The molecular weight excluding hydrogens is 294 g/mol. The molecule has 0 spiro atoms. The van der Waals surface area contributed by atoms with E-state index >= 15 is 0 Å². The monoisotopic (exact) mass is 317 g/mol. The highest BCUT2D eigenvalue weighted by molar-refractivity contribution is 7.18. The van der Waals surface area contributed by atoms with Crippen LogP contribution in [0.1, 0.15) is 35.4 Å². The minimum atomic E-state index is 0.312. The van der Waals surface area contributed by atoms with Gasteiger partial charge in [-0.05, 0) is 50.7 Å². The van der Waals surface area contributed by atoms with E-state index in [1.54, 1.807) is 0 Å². The van der Waals surface area contributed by atoms with Crippen LogP contribution in [-0.2, 0) is 4.74 Å². The summed E-state index contributed by atoms with van der Waals surface area (Å²) >= 11 is 1.88. The maximum Gasteiger partial charge on any atom is 0.0970 e. The molecule has 5 heteroatoms. The maximum atomic E-state index is 5.57. The number of piperidine rings is 1. The smallest absolute Gasteiger partial charge is 0.0970 e. The molecule has 1 N–H and O–H groups in total. The molecule has 0 radical (unpaired) electrons. The molecule has 2 aliphatic rings. The van der Waals surface area contributed by atoms with E-state index < -0.39 is 0 Å². The fourth-order valence-corrected chi connectivity index (χ4v) is 4.51. The molecule has 2 aromatic rings. The van der Waals surface area contributed by atoms with Crippen LogP contribution in [0.15, 0.2) is 18.2 Å². The Morgan fingerprint density at radius 3 is 2.95 bits per heavy atom. The molecule has 0 bridgehead atoms. The maximum absolute atomic E-state index is 5.57. The third-order valence-corrected chi connectivity index (χ3v) is 6.02. The minimum absolute atomic E-state index is 0.312. The third kappa shape index (κ3) is 2.91. The molecule has 4 nitrogen and oxygen atoms in total. The van der Waals surface area contributed by atoms with Crippen molar-refractivity contribution in [2.75, 3.05) is 39.9 Å². The summed E-state index contributed by atoms with van der Waals surface area (Å²) in [5, 5.41) is 4.85. The zero-order chi connectivity index (χ0) is 14.9. The Morgan fingerprint density at radius 1 is 1.32 bits per heavy atom. The zero-order valence-electron chi connectivity index (χ0n) is 13.0. The van der Waals surface area contributed by atoms with Crippen molar-refractivity contribution >= 4 is 21.6 Å². The van der Waals surface area contributed by atoms with E-state index in [2.05, 4.69) is 35.5 Å². The lowest BCUT2D eigenvalue weighted by Crippen LogP contribution is -2.34. The number of nitrogens with one attached hydrogen (secondary N) is 1. The summed E-state index contributed by atoms with van der Waals surface area (Å²) in [4.78, 5) is 7.36. The first-order valence-electron chi connectivity index (χ1n) is 8.19. The second-order valence-corrected chi connectivity index (χ2v) is 7.50. The van der Waals surface area contributed by atoms with Crippen molar-refractivity contribution in [2.45, 2.75) is 24.8 Å². The molecule has 1 atom stereocenters. The van der Waals surface area contributed by atoms with Crippen molar-refractivity contribution in [3.05, 3.63) is 28.8 Å². The molecule has 118 valence electrons. The SMILES string of the molecule is CN1CCC(c2nc3cc(C4COCCN4)ccc3s2)CC1. The molecule has 2 saturated heterocycles. The highest BCUT2D eigenvalue weighted by Crippen LogP contribution is 2.34. The number of hydrogen-bond acceptors (Lipinski definition) is 5. The quantitative estimate of drug-likeness (QED) is 0.924. The number of hydrogen-bond donors (Lipinski definition) is 1. The van der Waals surface area contributed by atoms with Gasteiger partial charge in [0, 0.05) is 12.5 Å². The second kappa shape index (κ2) is 6.24. The Kier molecular flexibility index (Phi) is 4.13. The molecule has 0 amide bonds. The van der Waals surface area contributed by atoms with E-state index in [4.69, 9.17) is 9.72 Å². The Labute approximate surface area is 135 Å². The van der Waals surface area contributed by atoms with Crippen LogP contribution in [0.25, 0.3) is 10.2 Å². The van der Waals surface area contributed by atoms with Crippen LogP contribution in [0.5, 0.6) is 0 Å². The molecule has 0 aliphatic carbocycles. The van der Waals surface area contributed by atoms with E-state index in [9.17, 15) is 0 Å². The summed E-state index contributed by atoms with van der Waals surface area (Å²) in [5.74, 6) is 0.646. The number of likely N-dealkylation sites (tertiary alicyclic amines) is 1. The highest BCUT2D eigenvalue weighted by atomic mass is 32.1. The average molecular weight is 317 g/mol. The van der Waals surface area contributed by atoms with Crippen molar-refractivity contribution in [1.82, 2.24) is 15.2 Å². The van der Waals surface area contributed by atoms with E-state index in [1.165, 1.54) is 41.2 Å². The summed E-state index contributed by atoms with van der Waals surface area (Å²) in [5.41, 5.74) is 2.45. The van der Waals surface area contributed by atoms with Crippen LogP contribution >= 0.6 is 11.3 Å². The van der Waals surface area contributed by atoms with Crippen molar-refractivity contribution < 1.29 is 4.74 Å². The minimum Gasteiger partial charge on any atom is -0.378 e. The molecule has 0 saturated carbocycles. The molecule has 22 heavy (non-hydrogen) atoms. The third-order valence-electron chi connectivity index (χ3n) is 4.82. The second-order valence-electron chi connectivity index (χ2n) is 6.44. The van der Waals surface area contributed by atoms with E-state index in [-0.39, 0.29) is 0 Å². The standard InChI is InChI=1S/C17H23N3OS/c1-20-7-4-12(5-8-20)17-19-14-10-13(2-3-16(14)22-17)15-11-21-9-6-18-15/h2-3,10,12,15,18H,4-9,11H2,1H3. The zero-order valence-corrected chi connectivity index (χ0v) is 13.9. The number of thiazole rings is 1. The number of fused-ring (bicyclic) bond motifs is 1. The van der Waals surface area contributed by atoms with Crippen LogP contribution in [-0.4, -0.2) is 49.8 Å². The van der Waals surface area contributed by atoms with E-state index in [0.29, 0.717) is 12.0 Å². The van der Waals surface area contributed by atoms with Gasteiger partial charge in [0.05, 0.1) is 34.5 Å². The van der Waals surface area contributed by atoms with Gasteiger partial charge in [0.1, 0.15) is 0 Å². The topological polar surface area (TPSA) is 37.4 Å². The summed E-state index contributed by atoms with van der Waals surface area (Å²) in [7, 11) is 2.21. The van der Waals surface area contributed by atoms with Crippen molar-refractivity contribution in [3.63, 3.8) is 0 Å². The molecule has 1 unspecified atom stereocenters. The molecule has 2 aliphatic heterocycles. The number of nitrogens with zero attached hydrogens (tertiary/aromatic N) is 2. The summed E-state index contributed by atoms with van der Waals surface area (Å²) in [6.45, 7) is 4.89. The lowest BCUT2D eigenvalue weighted by atomic mass is 9.98. The van der Waals surface area contributed by atoms with Gasteiger partial charge >= 0.3 is 0 Å². The van der Waals surface area contributed by atoms with Gasteiger partial charge in [-0.25, -0.2) is 4.98 Å². The lowest BCUT2D eigenvalue weighted by Gasteiger charge is -2.27. The Bertz CT molecular complexity index is 642. The van der Waals surface area contributed by atoms with Crippen LogP contribution in [0.2, 0.25) is 0 Å². The van der Waals surface area contributed by atoms with Crippen LogP contribution in [0.4, 0.5) is 0 Å². The van der Waals surface area contributed by atoms with Gasteiger partial charge in [-0.1, -0.05) is 6.07 Å². The number of ether oxygens (including phenoxy) is 1. The molecule has 3 heterocycles. The Morgan fingerprint density at radius 2 is 2.18 bits per heavy atom. The first-order chi connectivity index (χ1) is 10.8. The van der Waals surface area contributed by atoms with Gasteiger partial charge in [-0.2, -0.15) is 0 Å². The van der Waals surface area contributed by atoms with Gasteiger partial charge in [-0.3, -0.25) is 0 Å². The summed E-state index contributed by atoms with van der Waals surface area (Å²) in [6.07, 6.45) is 2.47. The van der Waals surface area contributed by atoms with E-state index in [1.807, 2.05) is 11.3 Å². The van der Waals surface area contributed by atoms with Gasteiger partial charge in [0.15, 0.2) is 0 Å². The fraction of sp³-hybridized carbons (Fsp3) is 0.588. The summed E-state index contributed by atoms with van der Waals surface area (Å²) in [6, 6.07) is 7.02. The largest absolute Gasteiger partial charge is 0.378 e. The lowest BCUT2D eigenvalue weighted by molar-refractivity contribution is 0.0769. The number of rotatable bonds is 2. The van der Waals surface area contributed by atoms with Gasteiger partial charge < -0.3 is 15.0 Å². The molecule has 2 fully saturated rings. The number of aromatic nitrogens is 1.